The fraction of sp³-hybridized carbons (Fsp3) is 0.500. The fourth-order valence-corrected chi connectivity index (χ4v) is 2.84. The van der Waals surface area contributed by atoms with Gasteiger partial charge in [-0.15, -0.1) is 0 Å². The highest BCUT2D eigenvalue weighted by Crippen LogP contribution is 2.32. The Hall–Kier alpha value is -1.59. The molecule has 0 radical (unpaired) electrons. The van der Waals surface area contributed by atoms with Crippen LogP contribution < -0.4 is 0 Å². The predicted molar refractivity (Wildman–Crippen MR) is 67.8 cm³/mol. The van der Waals surface area contributed by atoms with Crippen molar-refractivity contribution in [1.29, 1.82) is 0 Å². The Morgan fingerprint density at radius 1 is 1.32 bits per heavy atom. The van der Waals surface area contributed by atoms with Crippen molar-refractivity contribution >= 4 is 6.09 Å². The number of fused-ring (bicyclic) bond motifs is 1. The van der Waals surface area contributed by atoms with Gasteiger partial charge in [0, 0.05) is 0 Å². The Morgan fingerprint density at radius 3 is 2.84 bits per heavy atom. The number of morpholine rings is 1. The molecular weight excluding hydrogens is 246 g/mol. The third-order valence-corrected chi connectivity index (χ3v) is 3.83. The van der Waals surface area contributed by atoms with Gasteiger partial charge in [0.25, 0.3) is 0 Å². The summed E-state index contributed by atoms with van der Waals surface area (Å²) in [7, 11) is 0. The maximum atomic E-state index is 11.9. The van der Waals surface area contributed by atoms with Crippen LogP contribution in [-0.4, -0.2) is 54.1 Å². The highest BCUT2D eigenvalue weighted by Gasteiger charge is 2.53. The predicted octanol–water partition coefficient (Wildman–Crippen LogP) is 0.811. The molecule has 3 rings (SSSR count). The third kappa shape index (κ3) is 2.09. The number of aliphatic hydroxyl groups is 1. The summed E-state index contributed by atoms with van der Waals surface area (Å²) in [5.74, 6) is 0. The van der Waals surface area contributed by atoms with Gasteiger partial charge >= 0.3 is 6.09 Å². The maximum Gasteiger partial charge on any atom is 0.410 e. The number of ether oxygens (including phenoxy) is 2. The highest BCUT2D eigenvalue weighted by atomic mass is 16.6. The fourth-order valence-electron chi connectivity index (χ4n) is 2.84. The molecule has 1 amide bonds. The molecular formula is C14H17NO4. The minimum atomic E-state index is -0.700. The molecule has 1 aromatic carbocycles. The zero-order chi connectivity index (χ0) is 13.3. The largest absolute Gasteiger partial charge is 0.447 e. The lowest BCUT2D eigenvalue weighted by Crippen LogP contribution is -2.62. The van der Waals surface area contributed by atoms with Crippen LogP contribution in [0.1, 0.15) is 5.56 Å². The summed E-state index contributed by atoms with van der Waals surface area (Å²) in [5.41, 5.74) is 0.443. The molecule has 1 N–H and O–H groups in total. The Labute approximate surface area is 111 Å². The minimum Gasteiger partial charge on any atom is -0.447 e. The molecule has 2 atom stereocenters. The van der Waals surface area contributed by atoms with E-state index in [2.05, 4.69) is 0 Å². The molecule has 0 unspecified atom stereocenters. The lowest BCUT2D eigenvalue weighted by atomic mass is 9.95. The van der Waals surface area contributed by atoms with Gasteiger partial charge in [0.15, 0.2) is 0 Å². The number of amides is 1. The van der Waals surface area contributed by atoms with Crippen LogP contribution >= 0.6 is 0 Å². The van der Waals surface area contributed by atoms with Gasteiger partial charge in [-0.05, 0) is 12.0 Å². The summed E-state index contributed by atoms with van der Waals surface area (Å²) in [4.78, 5) is 13.6. The van der Waals surface area contributed by atoms with Gasteiger partial charge < -0.3 is 14.6 Å². The number of aliphatic hydroxyl groups excluding tert-OH is 1. The molecule has 0 aromatic heterocycles. The minimum absolute atomic E-state index is 0.0849. The van der Waals surface area contributed by atoms with Gasteiger partial charge in [-0.2, -0.15) is 0 Å². The van der Waals surface area contributed by atoms with Gasteiger partial charge in [-0.3, -0.25) is 4.90 Å². The molecule has 2 fully saturated rings. The van der Waals surface area contributed by atoms with Crippen molar-refractivity contribution in [2.24, 2.45) is 0 Å². The van der Waals surface area contributed by atoms with E-state index in [0.717, 1.165) is 5.56 Å². The van der Waals surface area contributed by atoms with Crippen LogP contribution in [-0.2, 0) is 15.9 Å². The molecule has 2 aliphatic rings. The Bertz CT molecular complexity index is 464. The average molecular weight is 263 g/mol. The van der Waals surface area contributed by atoms with Crippen LogP contribution in [0.15, 0.2) is 30.3 Å². The number of hydrogen-bond donors (Lipinski definition) is 1. The molecule has 0 saturated carbocycles. The first-order chi connectivity index (χ1) is 9.25. The van der Waals surface area contributed by atoms with Crippen LogP contribution in [0.4, 0.5) is 4.79 Å². The van der Waals surface area contributed by atoms with Gasteiger partial charge in [0.2, 0.25) is 0 Å². The number of nitrogens with zero attached hydrogens (tertiary/aromatic N) is 1. The summed E-state index contributed by atoms with van der Waals surface area (Å²) in [6.45, 7) is 0.879. The van der Waals surface area contributed by atoms with Crippen LogP contribution in [0.2, 0.25) is 0 Å². The normalized spacial score (nSPS) is 30.1. The van der Waals surface area contributed by atoms with E-state index in [1.54, 1.807) is 4.90 Å². The zero-order valence-electron chi connectivity index (χ0n) is 10.6. The summed E-state index contributed by atoms with van der Waals surface area (Å²) in [6.07, 6.45) is 0.357. The van der Waals surface area contributed by atoms with Gasteiger partial charge in [0.05, 0.1) is 25.9 Å². The van der Waals surface area contributed by atoms with E-state index in [-0.39, 0.29) is 25.3 Å². The van der Waals surface area contributed by atoms with E-state index < -0.39 is 5.54 Å². The zero-order valence-corrected chi connectivity index (χ0v) is 10.6. The van der Waals surface area contributed by atoms with Gasteiger partial charge in [-0.1, -0.05) is 30.3 Å². The van der Waals surface area contributed by atoms with E-state index in [4.69, 9.17) is 9.47 Å². The van der Waals surface area contributed by atoms with Crippen LogP contribution in [0.25, 0.3) is 0 Å². The molecule has 102 valence electrons. The average Bonchev–Trinajstić information content (AvgIpc) is 2.79. The topological polar surface area (TPSA) is 59.0 Å². The molecule has 19 heavy (non-hydrogen) atoms. The number of rotatable bonds is 3. The first kappa shape index (κ1) is 12.4. The molecule has 2 heterocycles. The van der Waals surface area contributed by atoms with Crippen molar-refractivity contribution in [2.75, 3.05) is 26.4 Å². The maximum absolute atomic E-state index is 11.9. The second-order valence-corrected chi connectivity index (χ2v) is 5.17. The standard InChI is InChI=1S/C14H17NO4/c16-8-14-9-18-7-12(15(14)13(17)19-10-14)6-11-4-2-1-3-5-11/h1-5,12,16H,6-10H2/t12-,14-/m0/s1. The number of hydrogen-bond acceptors (Lipinski definition) is 4. The Kier molecular flexibility index (Phi) is 3.16. The number of cyclic esters (lactones) is 1. The second-order valence-electron chi connectivity index (χ2n) is 5.17. The molecule has 5 heteroatoms. The van der Waals surface area contributed by atoms with Crippen molar-refractivity contribution in [3.8, 4) is 0 Å². The molecule has 0 bridgehead atoms. The van der Waals surface area contributed by atoms with Crippen LogP contribution in [0.3, 0.4) is 0 Å². The molecule has 5 nitrogen and oxygen atoms in total. The first-order valence-electron chi connectivity index (χ1n) is 6.44. The molecule has 2 saturated heterocycles. The van der Waals surface area contributed by atoms with Gasteiger partial charge in [0.1, 0.15) is 12.1 Å². The number of benzene rings is 1. The van der Waals surface area contributed by atoms with E-state index in [1.807, 2.05) is 30.3 Å². The summed E-state index contributed by atoms with van der Waals surface area (Å²) >= 11 is 0. The van der Waals surface area contributed by atoms with Crippen molar-refractivity contribution in [3.63, 3.8) is 0 Å². The Balaban J connectivity index is 1.83. The van der Waals surface area contributed by atoms with E-state index >= 15 is 0 Å². The number of carbonyl (C=O) groups is 1. The highest BCUT2D eigenvalue weighted by molar-refractivity contribution is 5.72. The van der Waals surface area contributed by atoms with Crippen molar-refractivity contribution in [3.05, 3.63) is 35.9 Å². The van der Waals surface area contributed by atoms with E-state index in [9.17, 15) is 9.90 Å². The SMILES string of the molecule is O=C1OC[C@]2(CO)COC[C@H](Cc3ccccc3)N12. The number of carbonyl (C=O) groups excluding carboxylic acids is 1. The smallest absolute Gasteiger partial charge is 0.410 e. The second kappa shape index (κ2) is 4.83. The van der Waals surface area contributed by atoms with E-state index in [1.165, 1.54) is 0 Å². The lowest BCUT2D eigenvalue weighted by molar-refractivity contribution is -0.0822. The van der Waals surface area contributed by atoms with Crippen LogP contribution in [0, 0.1) is 0 Å². The molecule has 0 aliphatic carbocycles. The quantitative estimate of drug-likeness (QED) is 0.876. The van der Waals surface area contributed by atoms with Gasteiger partial charge in [-0.25, -0.2) is 4.79 Å². The van der Waals surface area contributed by atoms with Crippen LogP contribution in [0.5, 0.6) is 0 Å². The monoisotopic (exact) mass is 263 g/mol. The van der Waals surface area contributed by atoms with E-state index in [0.29, 0.717) is 19.6 Å². The summed E-state index contributed by atoms with van der Waals surface area (Å²) in [6, 6.07) is 9.87. The molecule has 1 aromatic rings. The van der Waals surface area contributed by atoms with Crippen molar-refractivity contribution in [1.82, 2.24) is 4.90 Å². The molecule has 2 aliphatic heterocycles. The summed E-state index contributed by atoms with van der Waals surface area (Å²) in [5, 5.41) is 9.60. The van der Waals surface area contributed by atoms with Crippen molar-refractivity contribution < 1.29 is 19.4 Å². The summed E-state index contributed by atoms with van der Waals surface area (Å²) < 4.78 is 10.7. The van der Waals surface area contributed by atoms with Crippen molar-refractivity contribution in [2.45, 2.75) is 18.0 Å². The third-order valence-electron chi connectivity index (χ3n) is 3.83. The Morgan fingerprint density at radius 2 is 2.11 bits per heavy atom. The first-order valence-corrected chi connectivity index (χ1v) is 6.44. The molecule has 0 spiro atoms. The lowest BCUT2D eigenvalue weighted by Gasteiger charge is -2.43.